The summed E-state index contributed by atoms with van der Waals surface area (Å²) in [5.74, 6) is -0.530. The smallest absolute Gasteiger partial charge is 0.295 e. The number of ether oxygens (including phenoxy) is 3. The molecule has 1 saturated heterocycles. The van der Waals surface area contributed by atoms with E-state index in [1.165, 1.54) is 4.90 Å². The van der Waals surface area contributed by atoms with Crippen LogP contribution in [0.2, 0.25) is 0 Å². The Balaban J connectivity index is 1.68. The minimum absolute atomic E-state index is 0.0626. The Hall–Kier alpha value is -3.84. The molecule has 3 aromatic carbocycles. The van der Waals surface area contributed by atoms with Crippen LogP contribution >= 0.6 is 0 Å². The van der Waals surface area contributed by atoms with Crippen molar-refractivity contribution >= 4 is 28.2 Å². The van der Waals surface area contributed by atoms with Gasteiger partial charge in [0.1, 0.15) is 5.76 Å². The maximum atomic E-state index is 13.2. The second-order valence-electron chi connectivity index (χ2n) is 7.98. The molecule has 0 spiro atoms. The van der Waals surface area contributed by atoms with Crippen LogP contribution in [0.3, 0.4) is 0 Å². The van der Waals surface area contributed by atoms with Gasteiger partial charge in [-0.2, -0.15) is 0 Å². The molecule has 1 N–H and O–H groups in total. The van der Waals surface area contributed by atoms with E-state index in [0.717, 1.165) is 16.3 Å². The Morgan fingerprint density at radius 2 is 1.85 bits per heavy atom. The van der Waals surface area contributed by atoms with Crippen molar-refractivity contribution in [2.75, 3.05) is 27.1 Å². The highest BCUT2D eigenvalue weighted by molar-refractivity contribution is 6.46. The number of ketones is 1. The maximum absolute atomic E-state index is 13.2. The van der Waals surface area contributed by atoms with E-state index in [1.807, 2.05) is 42.5 Å². The van der Waals surface area contributed by atoms with Crippen LogP contribution in [0, 0.1) is 0 Å². The molecule has 0 saturated carbocycles. The van der Waals surface area contributed by atoms with Gasteiger partial charge in [-0.3, -0.25) is 9.59 Å². The highest BCUT2D eigenvalue weighted by atomic mass is 16.7. The molecule has 7 nitrogen and oxygen atoms in total. The lowest BCUT2D eigenvalue weighted by atomic mass is 9.91. The zero-order valence-corrected chi connectivity index (χ0v) is 18.1. The number of carbonyl (C=O) groups excluding carboxylic acids is 2. The van der Waals surface area contributed by atoms with E-state index >= 15 is 0 Å². The number of Topliss-reactive ketones (excluding diaryl/α,β-unsaturated/α-hetero) is 1. The highest BCUT2D eigenvalue weighted by Crippen LogP contribution is 2.43. The number of fused-ring (bicyclic) bond motifs is 2. The fourth-order valence-electron chi connectivity index (χ4n) is 4.50. The van der Waals surface area contributed by atoms with E-state index in [1.54, 1.807) is 25.3 Å². The Morgan fingerprint density at radius 3 is 2.70 bits per heavy atom. The van der Waals surface area contributed by atoms with Gasteiger partial charge in [0.05, 0.1) is 11.6 Å². The fourth-order valence-corrected chi connectivity index (χ4v) is 4.50. The van der Waals surface area contributed by atoms with Gasteiger partial charge in [0.15, 0.2) is 11.5 Å². The number of hydrogen-bond donors (Lipinski definition) is 1. The minimum Gasteiger partial charge on any atom is -0.507 e. The zero-order chi connectivity index (χ0) is 22.9. The molecule has 1 amide bonds. The minimum atomic E-state index is -0.724. The number of benzene rings is 3. The van der Waals surface area contributed by atoms with Crippen molar-refractivity contribution in [2.45, 2.75) is 12.5 Å². The van der Waals surface area contributed by atoms with Crippen LogP contribution in [-0.4, -0.2) is 48.8 Å². The molecule has 5 rings (SSSR count). The van der Waals surface area contributed by atoms with Gasteiger partial charge in [-0.05, 0) is 41.0 Å². The maximum Gasteiger partial charge on any atom is 0.295 e. The van der Waals surface area contributed by atoms with Crippen molar-refractivity contribution in [3.05, 3.63) is 77.4 Å². The third-order valence-corrected chi connectivity index (χ3v) is 6.05. The van der Waals surface area contributed by atoms with Gasteiger partial charge in [-0.1, -0.05) is 42.5 Å². The van der Waals surface area contributed by atoms with Crippen LogP contribution in [0.4, 0.5) is 0 Å². The summed E-state index contributed by atoms with van der Waals surface area (Å²) in [5.41, 5.74) is 1.24. The average Bonchev–Trinajstić information content (AvgIpc) is 3.41. The van der Waals surface area contributed by atoms with Crippen LogP contribution in [0.1, 0.15) is 23.6 Å². The number of amides is 1. The third-order valence-electron chi connectivity index (χ3n) is 6.05. The Labute approximate surface area is 190 Å². The van der Waals surface area contributed by atoms with Gasteiger partial charge >= 0.3 is 0 Å². The van der Waals surface area contributed by atoms with Crippen molar-refractivity contribution < 1.29 is 28.9 Å². The lowest BCUT2D eigenvalue weighted by Crippen LogP contribution is -2.31. The number of aliphatic hydroxyl groups excluding tert-OH is 1. The van der Waals surface area contributed by atoms with Crippen LogP contribution in [0.5, 0.6) is 11.5 Å². The number of rotatable bonds is 6. The Morgan fingerprint density at radius 1 is 1.06 bits per heavy atom. The van der Waals surface area contributed by atoms with Gasteiger partial charge in [-0.15, -0.1) is 0 Å². The van der Waals surface area contributed by atoms with Crippen molar-refractivity contribution in [1.29, 1.82) is 0 Å². The number of carbonyl (C=O) groups is 2. The molecular weight excluding hydrogens is 422 g/mol. The quantitative estimate of drug-likeness (QED) is 0.267. The molecule has 7 heteroatoms. The van der Waals surface area contributed by atoms with Gasteiger partial charge in [0.25, 0.3) is 11.7 Å². The number of methoxy groups -OCH3 is 1. The Bertz CT molecular complexity index is 1280. The normalized spacial score (nSPS) is 18.9. The van der Waals surface area contributed by atoms with Crippen LogP contribution in [0.15, 0.2) is 66.2 Å². The van der Waals surface area contributed by atoms with Gasteiger partial charge in [0, 0.05) is 25.8 Å². The molecule has 1 fully saturated rings. The average molecular weight is 445 g/mol. The molecule has 2 aliphatic heterocycles. The molecule has 33 heavy (non-hydrogen) atoms. The number of nitrogens with zero attached hydrogens (tertiary/aromatic N) is 1. The summed E-state index contributed by atoms with van der Waals surface area (Å²) in [6.07, 6.45) is 0.564. The lowest BCUT2D eigenvalue weighted by molar-refractivity contribution is -0.140. The number of hydrogen-bond acceptors (Lipinski definition) is 6. The number of likely N-dealkylation sites (tertiary alicyclic amines) is 1. The second-order valence-corrected chi connectivity index (χ2v) is 7.98. The van der Waals surface area contributed by atoms with E-state index in [-0.39, 0.29) is 18.1 Å². The van der Waals surface area contributed by atoms with Crippen LogP contribution < -0.4 is 9.47 Å². The predicted octanol–water partition coefficient (Wildman–Crippen LogP) is 4.03. The van der Waals surface area contributed by atoms with E-state index in [0.29, 0.717) is 36.6 Å². The summed E-state index contributed by atoms with van der Waals surface area (Å²) in [6, 6.07) is 17.8. The van der Waals surface area contributed by atoms with Gasteiger partial charge in [-0.25, -0.2) is 0 Å². The molecule has 2 heterocycles. The van der Waals surface area contributed by atoms with Crippen molar-refractivity contribution in [1.82, 2.24) is 4.90 Å². The SMILES string of the molecule is COCCCN1C(=O)C(=O)/C(=C(\O)c2ccc3c(c2)OCO3)C1c1cccc2ccccc12. The summed E-state index contributed by atoms with van der Waals surface area (Å²) in [7, 11) is 1.59. The summed E-state index contributed by atoms with van der Waals surface area (Å²) >= 11 is 0. The van der Waals surface area contributed by atoms with Crippen molar-refractivity contribution in [3.63, 3.8) is 0 Å². The van der Waals surface area contributed by atoms with E-state index in [4.69, 9.17) is 14.2 Å². The summed E-state index contributed by atoms with van der Waals surface area (Å²) in [6.45, 7) is 0.872. The van der Waals surface area contributed by atoms with Gasteiger partial charge < -0.3 is 24.2 Å². The largest absolute Gasteiger partial charge is 0.507 e. The molecule has 0 aliphatic carbocycles. The molecule has 1 atom stereocenters. The molecule has 1 unspecified atom stereocenters. The zero-order valence-electron chi connectivity index (χ0n) is 18.1. The van der Waals surface area contributed by atoms with Crippen molar-refractivity contribution in [2.24, 2.45) is 0 Å². The van der Waals surface area contributed by atoms with Crippen molar-refractivity contribution in [3.8, 4) is 11.5 Å². The Kier molecular flexibility index (Phi) is 5.48. The first-order valence-electron chi connectivity index (χ1n) is 10.7. The first kappa shape index (κ1) is 21.0. The lowest BCUT2D eigenvalue weighted by Gasteiger charge is -2.26. The van der Waals surface area contributed by atoms with Gasteiger partial charge in [0.2, 0.25) is 6.79 Å². The molecule has 0 bridgehead atoms. The fraction of sp³-hybridized carbons (Fsp3) is 0.231. The van der Waals surface area contributed by atoms with Crippen LogP contribution in [-0.2, 0) is 14.3 Å². The molecular formula is C26H23NO6. The summed E-state index contributed by atoms with van der Waals surface area (Å²) < 4.78 is 15.9. The van der Waals surface area contributed by atoms with E-state index in [9.17, 15) is 14.7 Å². The summed E-state index contributed by atoms with van der Waals surface area (Å²) in [5, 5.41) is 13.2. The summed E-state index contributed by atoms with van der Waals surface area (Å²) in [4.78, 5) is 27.8. The third kappa shape index (κ3) is 3.60. The standard InChI is InChI=1S/C26H23NO6/c1-31-13-5-12-27-23(19-9-4-7-16-6-2-3-8-18(16)19)22(25(29)26(27)30)24(28)17-10-11-20-21(14-17)33-15-32-20/h2-4,6-11,14,23,28H,5,12-13,15H2,1H3/b24-22-. The molecule has 3 aromatic rings. The van der Waals surface area contributed by atoms with Crippen LogP contribution in [0.25, 0.3) is 16.5 Å². The molecule has 0 radical (unpaired) electrons. The first-order chi connectivity index (χ1) is 16.1. The highest BCUT2D eigenvalue weighted by Gasteiger charge is 2.46. The molecule has 0 aromatic heterocycles. The predicted molar refractivity (Wildman–Crippen MR) is 122 cm³/mol. The van der Waals surface area contributed by atoms with E-state index < -0.39 is 17.7 Å². The molecule has 168 valence electrons. The molecule has 2 aliphatic rings. The topological polar surface area (TPSA) is 85.3 Å². The monoisotopic (exact) mass is 445 g/mol. The number of aliphatic hydroxyl groups is 1. The second kappa shape index (κ2) is 8.60. The first-order valence-corrected chi connectivity index (χ1v) is 10.7. The van der Waals surface area contributed by atoms with E-state index in [2.05, 4.69) is 0 Å².